The van der Waals surface area contributed by atoms with Crippen molar-refractivity contribution in [3.63, 3.8) is 0 Å². The third kappa shape index (κ3) is 2.91. The minimum atomic E-state index is -0.808. The number of hydrogen-bond donors (Lipinski definition) is 3. The molecule has 1 fully saturated rings. The Kier molecular flexibility index (Phi) is 3.98. The molecule has 1 aliphatic rings. The van der Waals surface area contributed by atoms with Crippen LogP contribution < -0.4 is 5.32 Å². The monoisotopic (exact) mass is 297 g/mol. The molecule has 110 valence electrons. The molecule has 1 aromatic rings. The fourth-order valence-electron chi connectivity index (χ4n) is 2.62. The minimum absolute atomic E-state index is 0.170. The molecule has 5 heteroatoms. The first kappa shape index (κ1) is 15.1. The summed E-state index contributed by atoms with van der Waals surface area (Å²) in [6, 6.07) is 3.31. The Hall–Kier alpha value is -1.26. The summed E-state index contributed by atoms with van der Waals surface area (Å²) in [6.45, 7) is 6.43. The van der Waals surface area contributed by atoms with Gasteiger partial charge in [0, 0.05) is 28.7 Å². The van der Waals surface area contributed by atoms with E-state index in [4.69, 9.17) is 16.7 Å². The number of phenolic OH excluding ortho intramolecular Hbond substituents is 1. The number of hydrogen-bond acceptors (Lipinski definition) is 3. The zero-order chi connectivity index (χ0) is 15.1. The van der Waals surface area contributed by atoms with Crippen molar-refractivity contribution >= 4 is 17.6 Å². The summed E-state index contributed by atoms with van der Waals surface area (Å²) >= 11 is 6.15. The van der Waals surface area contributed by atoms with Gasteiger partial charge >= 0.3 is 5.97 Å². The molecule has 0 amide bonds. The molecule has 1 saturated heterocycles. The molecule has 0 saturated carbocycles. The second-order valence-corrected chi connectivity index (χ2v) is 6.81. The molecule has 0 aromatic heterocycles. The average Bonchev–Trinajstić information content (AvgIpc) is 2.79. The zero-order valence-electron chi connectivity index (χ0n) is 11.9. The van der Waals surface area contributed by atoms with Crippen molar-refractivity contribution in [2.45, 2.75) is 38.6 Å². The molecule has 0 spiro atoms. The van der Waals surface area contributed by atoms with E-state index >= 15 is 0 Å². The van der Waals surface area contributed by atoms with Gasteiger partial charge in [-0.3, -0.25) is 4.79 Å². The summed E-state index contributed by atoms with van der Waals surface area (Å²) < 4.78 is 0. The third-order valence-electron chi connectivity index (χ3n) is 3.77. The lowest BCUT2D eigenvalue weighted by Crippen LogP contribution is -2.18. The smallest absolute Gasteiger partial charge is 0.307 e. The van der Waals surface area contributed by atoms with Crippen molar-refractivity contribution in [1.29, 1.82) is 0 Å². The number of aromatic hydroxyl groups is 1. The van der Waals surface area contributed by atoms with Crippen LogP contribution in [0.25, 0.3) is 0 Å². The summed E-state index contributed by atoms with van der Waals surface area (Å²) in [5.74, 6) is -1.01. The van der Waals surface area contributed by atoms with E-state index in [9.17, 15) is 9.90 Å². The van der Waals surface area contributed by atoms with Crippen LogP contribution in [0.3, 0.4) is 0 Å². The molecule has 1 heterocycles. The number of benzene rings is 1. The molecular formula is C15H20ClNO3. The molecule has 2 unspecified atom stereocenters. The van der Waals surface area contributed by atoms with Crippen LogP contribution in [0.1, 0.15) is 44.4 Å². The predicted molar refractivity (Wildman–Crippen MR) is 78.3 cm³/mol. The molecule has 3 N–H and O–H groups in total. The number of aliphatic carboxylic acids is 1. The number of halogens is 1. The quantitative estimate of drug-likeness (QED) is 0.784. The average molecular weight is 298 g/mol. The fraction of sp³-hybridized carbons (Fsp3) is 0.533. The molecule has 2 rings (SSSR count). The van der Waals surface area contributed by atoms with Gasteiger partial charge in [0.15, 0.2) is 0 Å². The van der Waals surface area contributed by atoms with E-state index in [-0.39, 0.29) is 17.2 Å². The first-order valence-corrected chi connectivity index (χ1v) is 7.07. The van der Waals surface area contributed by atoms with Gasteiger partial charge in [-0.15, -0.1) is 0 Å². The summed E-state index contributed by atoms with van der Waals surface area (Å²) in [6.07, 6.45) is 0.465. The molecular weight excluding hydrogens is 278 g/mol. The molecule has 4 nitrogen and oxygen atoms in total. The number of nitrogens with one attached hydrogen (secondary N) is 1. The van der Waals surface area contributed by atoms with Gasteiger partial charge in [-0.1, -0.05) is 32.4 Å². The molecule has 0 radical (unpaired) electrons. The summed E-state index contributed by atoms with van der Waals surface area (Å²) in [5.41, 5.74) is 1.24. The van der Waals surface area contributed by atoms with E-state index in [1.54, 1.807) is 12.1 Å². The Balaban J connectivity index is 2.38. The third-order valence-corrected chi connectivity index (χ3v) is 3.99. The Morgan fingerprint density at radius 1 is 1.40 bits per heavy atom. The van der Waals surface area contributed by atoms with E-state index in [0.29, 0.717) is 23.6 Å². The van der Waals surface area contributed by atoms with Gasteiger partial charge in [0.1, 0.15) is 5.75 Å². The van der Waals surface area contributed by atoms with Crippen LogP contribution in [0.4, 0.5) is 0 Å². The van der Waals surface area contributed by atoms with Gasteiger partial charge in [-0.05, 0) is 24.0 Å². The second-order valence-electron chi connectivity index (χ2n) is 6.37. The van der Waals surface area contributed by atoms with Crippen LogP contribution in [-0.2, 0) is 10.2 Å². The van der Waals surface area contributed by atoms with Crippen LogP contribution in [0.5, 0.6) is 5.75 Å². The Labute approximate surface area is 123 Å². The molecule has 20 heavy (non-hydrogen) atoms. The fourth-order valence-corrected chi connectivity index (χ4v) is 2.85. The first-order valence-electron chi connectivity index (χ1n) is 6.69. The van der Waals surface area contributed by atoms with Gasteiger partial charge < -0.3 is 15.5 Å². The second kappa shape index (κ2) is 5.26. The highest BCUT2D eigenvalue weighted by Crippen LogP contribution is 2.41. The minimum Gasteiger partial charge on any atom is -0.507 e. The van der Waals surface area contributed by atoms with Crippen molar-refractivity contribution < 1.29 is 15.0 Å². The van der Waals surface area contributed by atoms with Gasteiger partial charge in [0.2, 0.25) is 0 Å². The molecule has 0 aliphatic carbocycles. The van der Waals surface area contributed by atoms with Crippen molar-refractivity contribution in [2.24, 2.45) is 5.92 Å². The SMILES string of the molecule is CC(C)(C)c1cc(Cl)cc(C2CC(C(=O)O)CN2)c1O. The standard InChI is InChI=1S/C15H20ClNO3/c1-15(2,3)11-6-9(16)5-10(13(11)18)12-4-8(7-17-12)14(19)20/h5-6,8,12,17-18H,4,7H2,1-3H3,(H,19,20). The van der Waals surface area contributed by atoms with Crippen molar-refractivity contribution in [2.75, 3.05) is 6.54 Å². The zero-order valence-corrected chi connectivity index (χ0v) is 12.7. The summed E-state index contributed by atoms with van der Waals surface area (Å²) in [4.78, 5) is 11.0. The molecule has 2 atom stereocenters. The lowest BCUT2D eigenvalue weighted by molar-refractivity contribution is -0.141. The van der Waals surface area contributed by atoms with Crippen molar-refractivity contribution in [1.82, 2.24) is 5.32 Å². The van der Waals surface area contributed by atoms with E-state index in [1.807, 2.05) is 20.8 Å². The lowest BCUT2D eigenvalue weighted by Gasteiger charge is -2.24. The summed E-state index contributed by atoms with van der Waals surface area (Å²) in [7, 11) is 0. The van der Waals surface area contributed by atoms with Crippen molar-refractivity contribution in [3.05, 3.63) is 28.3 Å². The number of rotatable bonds is 2. The van der Waals surface area contributed by atoms with E-state index in [1.165, 1.54) is 0 Å². The molecule has 1 aromatic carbocycles. The van der Waals surface area contributed by atoms with E-state index in [0.717, 1.165) is 5.56 Å². The van der Waals surface area contributed by atoms with Gasteiger partial charge in [-0.25, -0.2) is 0 Å². The highest BCUT2D eigenvalue weighted by molar-refractivity contribution is 6.30. The van der Waals surface area contributed by atoms with Crippen LogP contribution in [-0.4, -0.2) is 22.7 Å². The normalized spacial score (nSPS) is 23.0. The maximum Gasteiger partial charge on any atom is 0.307 e. The maximum atomic E-state index is 11.0. The topological polar surface area (TPSA) is 69.6 Å². The van der Waals surface area contributed by atoms with Crippen LogP contribution >= 0.6 is 11.6 Å². The number of phenols is 1. The highest BCUT2D eigenvalue weighted by Gasteiger charge is 2.33. The Morgan fingerprint density at radius 2 is 2.05 bits per heavy atom. The van der Waals surface area contributed by atoms with Crippen LogP contribution in [0, 0.1) is 5.92 Å². The number of carboxylic acids is 1. The lowest BCUT2D eigenvalue weighted by atomic mass is 9.84. The Bertz CT molecular complexity index is 537. The Morgan fingerprint density at radius 3 is 2.55 bits per heavy atom. The highest BCUT2D eigenvalue weighted by atomic mass is 35.5. The van der Waals surface area contributed by atoms with Crippen molar-refractivity contribution in [3.8, 4) is 5.75 Å². The molecule has 1 aliphatic heterocycles. The predicted octanol–water partition coefficient (Wildman–Crippen LogP) is 3.08. The van der Waals surface area contributed by atoms with E-state index < -0.39 is 11.9 Å². The van der Waals surface area contributed by atoms with Gasteiger partial charge in [-0.2, -0.15) is 0 Å². The number of carboxylic acid groups (broad SMARTS) is 1. The first-order chi connectivity index (χ1) is 9.20. The van der Waals surface area contributed by atoms with Crippen LogP contribution in [0.2, 0.25) is 5.02 Å². The number of carbonyl (C=O) groups is 1. The summed E-state index contributed by atoms with van der Waals surface area (Å²) in [5, 5.41) is 23.3. The van der Waals surface area contributed by atoms with Gasteiger partial charge in [0.05, 0.1) is 5.92 Å². The van der Waals surface area contributed by atoms with E-state index in [2.05, 4.69) is 5.32 Å². The van der Waals surface area contributed by atoms with Gasteiger partial charge in [0.25, 0.3) is 0 Å². The maximum absolute atomic E-state index is 11.0. The molecule has 0 bridgehead atoms. The largest absolute Gasteiger partial charge is 0.507 e. The van der Waals surface area contributed by atoms with Crippen LogP contribution in [0.15, 0.2) is 12.1 Å².